The molecule has 3 N–H and O–H groups in total. The Morgan fingerprint density at radius 3 is 2.69 bits per heavy atom. The Labute approximate surface area is 105 Å². The van der Waals surface area contributed by atoms with Gasteiger partial charge in [-0.2, -0.15) is 0 Å². The molecule has 0 unspecified atom stereocenters. The molecule has 0 atom stereocenters. The van der Waals surface area contributed by atoms with E-state index in [2.05, 4.69) is 21.2 Å². The highest BCUT2D eigenvalue weighted by Crippen LogP contribution is 2.23. The molecule has 0 bridgehead atoms. The number of amides is 1. The summed E-state index contributed by atoms with van der Waals surface area (Å²) >= 11 is 3.38. The molecule has 0 aromatic heterocycles. The van der Waals surface area contributed by atoms with Crippen LogP contribution in [0.3, 0.4) is 0 Å². The van der Waals surface area contributed by atoms with Gasteiger partial charge in [-0.1, -0.05) is 22.0 Å². The number of benzene rings is 1. The van der Waals surface area contributed by atoms with Gasteiger partial charge in [0, 0.05) is 16.7 Å². The molecule has 1 aromatic carbocycles. The highest BCUT2D eigenvalue weighted by atomic mass is 79.9. The van der Waals surface area contributed by atoms with Gasteiger partial charge in [-0.05, 0) is 38.5 Å². The molecule has 88 valence electrons. The third-order valence-electron chi connectivity index (χ3n) is 2.57. The van der Waals surface area contributed by atoms with Gasteiger partial charge < -0.3 is 11.1 Å². The molecule has 1 rings (SSSR count). The number of carbonyl (C=O) groups is 1. The van der Waals surface area contributed by atoms with E-state index >= 15 is 0 Å². The standard InChI is InChI=1S/C12H17BrN2O/c1-8-4-5-9(13)6-10(8)15-11(16)12(2,3)7-14/h4-6H,7,14H2,1-3H3,(H,15,16). The van der Waals surface area contributed by atoms with Crippen LogP contribution < -0.4 is 11.1 Å². The average molecular weight is 285 g/mol. The van der Waals surface area contributed by atoms with Crippen molar-refractivity contribution in [3.05, 3.63) is 28.2 Å². The summed E-state index contributed by atoms with van der Waals surface area (Å²) in [6.07, 6.45) is 0. The van der Waals surface area contributed by atoms with Crippen molar-refractivity contribution in [3.63, 3.8) is 0 Å². The fourth-order valence-electron chi connectivity index (χ4n) is 1.11. The summed E-state index contributed by atoms with van der Waals surface area (Å²) in [6.45, 7) is 5.94. The van der Waals surface area contributed by atoms with Crippen LogP contribution in [0.25, 0.3) is 0 Å². The average Bonchev–Trinajstić information content (AvgIpc) is 2.23. The molecule has 0 radical (unpaired) electrons. The van der Waals surface area contributed by atoms with Crippen molar-refractivity contribution in [2.45, 2.75) is 20.8 Å². The molecule has 4 heteroatoms. The first-order valence-electron chi connectivity index (χ1n) is 5.14. The van der Waals surface area contributed by atoms with Crippen LogP contribution in [0.1, 0.15) is 19.4 Å². The number of hydrogen-bond acceptors (Lipinski definition) is 2. The van der Waals surface area contributed by atoms with Gasteiger partial charge in [-0.15, -0.1) is 0 Å². The lowest BCUT2D eigenvalue weighted by molar-refractivity contribution is -0.123. The summed E-state index contributed by atoms with van der Waals surface area (Å²) in [5.74, 6) is -0.0591. The van der Waals surface area contributed by atoms with E-state index in [1.165, 1.54) is 0 Å². The summed E-state index contributed by atoms with van der Waals surface area (Å²) in [6, 6.07) is 5.79. The zero-order chi connectivity index (χ0) is 12.3. The Hall–Kier alpha value is -0.870. The fourth-order valence-corrected chi connectivity index (χ4v) is 1.47. The SMILES string of the molecule is Cc1ccc(Br)cc1NC(=O)C(C)(C)CN. The molecule has 0 aliphatic heterocycles. The zero-order valence-electron chi connectivity index (χ0n) is 9.80. The molecule has 0 aliphatic rings. The number of aryl methyl sites for hydroxylation is 1. The van der Waals surface area contributed by atoms with Crippen molar-refractivity contribution < 1.29 is 4.79 Å². The summed E-state index contributed by atoms with van der Waals surface area (Å²) < 4.78 is 0.943. The van der Waals surface area contributed by atoms with Gasteiger partial charge in [0.15, 0.2) is 0 Å². The van der Waals surface area contributed by atoms with E-state index in [9.17, 15) is 4.79 Å². The Kier molecular flexibility index (Phi) is 4.10. The lowest BCUT2D eigenvalue weighted by Crippen LogP contribution is -2.37. The van der Waals surface area contributed by atoms with Crippen LogP contribution >= 0.6 is 15.9 Å². The van der Waals surface area contributed by atoms with Crippen LogP contribution in [0.4, 0.5) is 5.69 Å². The molecule has 0 saturated carbocycles. The van der Waals surface area contributed by atoms with E-state index in [1.54, 1.807) is 0 Å². The number of carbonyl (C=O) groups excluding carboxylic acids is 1. The predicted octanol–water partition coefficient (Wildman–Crippen LogP) is 2.68. The van der Waals surface area contributed by atoms with Crippen molar-refractivity contribution in [2.24, 2.45) is 11.1 Å². The highest BCUT2D eigenvalue weighted by Gasteiger charge is 2.26. The molecule has 16 heavy (non-hydrogen) atoms. The Morgan fingerprint density at radius 1 is 1.50 bits per heavy atom. The molecule has 3 nitrogen and oxygen atoms in total. The van der Waals surface area contributed by atoms with Crippen LogP contribution in [0.15, 0.2) is 22.7 Å². The molecule has 1 aromatic rings. The van der Waals surface area contributed by atoms with Crippen molar-refractivity contribution in [2.75, 3.05) is 11.9 Å². The largest absolute Gasteiger partial charge is 0.329 e. The van der Waals surface area contributed by atoms with Crippen molar-refractivity contribution in [3.8, 4) is 0 Å². The quantitative estimate of drug-likeness (QED) is 0.897. The molecular weight excluding hydrogens is 268 g/mol. The maximum Gasteiger partial charge on any atom is 0.231 e. The smallest absolute Gasteiger partial charge is 0.231 e. The zero-order valence-corrected chi connectivity index (χ0v) is 11.4. The number of nitrogens with two attached hydrogens (primary N) is 1. The van der Waals surface area contributed by atoms with Gasteiger partial charge in [0.25, 0.3) is 0 Å². The van der Waals surface area contributed by atoms with Crippen LogP contribution in [-0.2, 0) is 4.79 Å². The molecule has 0 saturated heterocycles. The second kappa shape index (κ2) is 4.97. The summed E-state index contributed by atoms with van der Waals surface area (Å²) in [4.78, 5) is 11.9. The Morgan fingerprint density at radius 2 is 2.12 bits per heavy atom. The monoisotopic (exact) mass is 284 g/mol. The summed E-state index contributed by atoms with van der Waals surface area (Å²) in [5, 5.41) is 2.89. The Balaban J connectivity index is 2.89. The van der Waals surface area contributed by atoms with E-state index in [-0.39, 0.29) is 5.91 Å². The van der Waals surface area contributed by atoms with Gasteiger partial charge in [-0.3, -0.25) is 4.79 Å². The number of hydrogen-bond donors (Lipinski definition) is 2. The molecule has 1 amide bonds. The van der Waals surface area contributed by atoms with E-state index in [0.29, 0.717) is 6.54 Å². The van der Waals surface area contributed by atoms with Gasteiger partial charge in [0.1, 0.15) is 0 Å². The third kappa shape index (κ3) is 3.06. The number of nitrogens with one attached hydrogen (secondary N) is 1. The van der Waals surface area contributed by atoms with Crippen LogP contribution in [0.2, 0.25) is 0 Å². The minimum absolute atomic E-state index is 0.0591. The summed E-state index contributed by atoms with van der Waals surface area (Å²) in [7, 11) is 0. The first kappa shape index (κ1) is 13.2. The van der Waals surface area contributed by atoms with Crippen molar-refractivity contribution in [1.29, 1.82) is 0 Å². The lowest BCUT2D eigenvalue weighted by atomic mass is 9.92. The van der Waals surface area contributed by atoms with Gasteiger partial charge in [-0.25, -0.2) is 0 Å². The second-order valence-electron chi connectivity index (χ2n) is 4.50. The highest BCUT2D eigenvalue weighted by molar-refractivity contribution is 9.10. The molecule has 0 heterocycles. The van der Waals surface area contributed by atoms with Gasteiger partial charge in [0.05, 0.1) is 5.41 Å². The number of anilines is 1. The molecule has 0 spiro atoms. The van der Waals surface area contributed by atoms with E-state index in [4.69, 9.17) is 5.73 Å². The van der Waals surface area contributed by atoms with Crippen LogP contribution in [0, 0.1) is 12.3 Å². The summed E-state index contributed by atoms with van der Waals surface area (Å²) in [5.41, 5.74) is 6.86. The van der Waals surface area contributed by atoms with Crippen LogP contribution in [0.5, 0.6) is 0 Å². The number of halogens is 1. The van der Waals surface area contributed by atoms with E-state index in [0.717, 1.165) is 15.7 Å². The minimum atomic E-state index is -0.547. The van der Waals surface area contributed by atoms with Gasteiger partial charge >= 0.3 is 0 Å². The molecular formula is C12H17BrN2O. The third-order valence-corrected chi connectivity index (χ3v) is 3.07. The van der Waals surface area contributed by atoms with Crippen LogP contribution in [-0.4, -0.2) is 12.5 Å². The minimum Gasteiger partial charge on any atom is -0.329 e. The predicted molar refractivity (Wildman–Crippen MR) is 70.3 cm³/mol. The van der Waals surface area contributed by atoms with Crippen molar-refractivity contribution >= 4 is 27.5 Å². The van der Waals surface area contributed by atoms with Gasteiger partial charge in [0.2, 0.25) is 5.91 Å². The molecule has 0 fully saturated rings. The first-order valence-corrected chi connectivity index (χ1v) is 5.94. The van der Waals surface area contributed by atoms with E-state index in [1.807, 2.05) is 39.0 Å². The van der Waals surface area contributed by atoms with E-state index < -0.39 is 5.41 Å². The fraction of sp³-hybridized carbons (Fsp3) is 0.417. The Bertz CT molecular complexity index is 402. The normalized spacial score (nSPS) is 11.3. The molecule has 0 aliphatic carbocycles. The van der Waals surface area contributed by atoms with Crippen molar-refractivity contribution in [1.82, 2.24) is 0 Å². The number of rotatable bonds is 3. The first-order chi connectivity index (χ1) is 7.36. The maximum atomic E-state index is 11.9. The second-order valence-corrected chi connectivity index (χ2v) is 5.42. The topological polar surface area (TPSA) is 55.1 Å². The maximum absolute atomic E-state index is 11.9. The lowest BCUT2D eigenvalue weighted by Gasteiger charge is -2.22.